The molecule has 0 aliphatic rings. The smallest absolute Gasteiger partial charge is 0.269 e. The van der Waals surface area contributed by atoms with Crippen molar-refractivity contribution in [2.75, 3.05) is 13.1 Å². The Kier molecular flexibility index (Phi) is 5.79. The number of non-ortho nitro benzene ring substituents is 1. The van der Waals surface area contributed by atoms with E-state index in [0.717, 1.165) is 12.0 Å². The van der Waals surface area contributed by atoms with Crippen LogP contribution in [0.2, 0.25) is 0 Å². The molecule has 0 aromatic heterocycles. The number of benzene rings is 1. The number of amides is 1. The van der Waals surface area contributed by atoms with E-state index in [-0.39, 0.29) is 18.1 Å². The van der Waals surface area contributed by atoms with E-state index in [1.165, 1.54) is 12.1 Å². The van der Waals surface area contributed by atoms with Gasteiger partial charge in [0, 0.05) is 25.2 Å². The molecule has 0 saturated heterocycles. The summed E-state index contributed by atoms with van der Waals surface area (Å²) in [6.07, 6.45) is 0.899. The number of rotatable bonds is 7. The predicted octanol–water partition coefficient (Wildman–Crippen LogP) is 1.21. The first kappa shape index (κ1) is 14.1. The fraction of sp³-hybridized carbons (Fsp3) is 0.417. The van der Waals surface area contributed by atoms with Crippen molar-refractivity contribution in [3.05, 3.63) is 39.9 Å². The highest BCUT2D eigenvalue weighted by Gasteiger charge is 2.05. The molecular weight excluding hydrogens is 234 g/mol. The van der Waals surface area contributed by atoms with Gasteiger partial charge in [0.15, 0.2) is 0 Å². The first-order valence-corrected chi connectivity index (χ1v) is 5.84. The van der Waals surface area contributed by atoms with Gasteiger partial charge in [-0.05, 0) is 12.0 Å². The van der Waals surface area contributed by atoms with Crippen LogP contribution in [0.15, 0.2) is 24.3 Å². The van der Waals surface area contributed by atoms with Crippen molar-refractivity contribution in [2.45, 2.75) is 19.9 Å². The molecule has 0 atom stereocenters. The molecule has 1 aromatic carbocycles. The summed E-state index contributed by atoms with van der Waals surface area (Å²) in [6.45, 7) is 3.29. The molecule has 0 spiro atoms. The molecule has 0 bridgehead atoms. The Balaban J connectivity index is 2.37. The quantitative estimate of drug-likeness (QED) is 0.563. The van der Waals surface area contributed by atoms with Crippen molar-refractivity contribution >= 4 is 11.6 Å². The predicted molar refractivity (Wildman–Crippen MR) is 68.1 cm³/mol. The van der Waals surface area contributed by atoms with E-state index in [9.17, 15) is 14.9 Å². The first-order chi connectivity index (χ1) is 8.63. The Morgan fingerprint density at radius 2 is 2.22 bits per heavy atom. The van der Waals surface area contributed by atoms with Crippen molar-refractivity contribution in [1.82, 2.24) is 10.6 Å². The Labute approximate surface area is 106 Å². The summed E-state index contributed by atoms with van der Waals surface area (Å²) in [5.41, 5.74) is 0.845. The van der Waals surface area contributed by atoms with Crippen LogP contribution in [-0.2, 0) is 11.3 Å². The lowest BCUT2D eigenvalue weighted by molar-refractivity contribution is -0.384. The van der Waals surface area contributed by atoms with Gasteiger partial charge in [0.05, 0.1) is 11.5 Å². The first-order valence-electron chi connectivity index (χ1n) is 5.84. The van der Waals surface area contributed by atoms with Gasteiger partial charge in [0.25, 0.3) is 5.69 Å². The van der Waals surface area contributed by atoms with Crippen LogP contribution in [0.1, 0.15) is 18.9 Å². The Morgan fingerprint density at radius 3 is 2.89 bits per heavy atom. The third-order valence-corrected chi connectivity index (χ3v) is 2.31. The lowest BCUT2D eigenvalue weighted by Crippen LogP contribution is -2.33. The van der Waals surface area contributed by atoms with Crippen LogP contribution in [0.25, 0.3) is 0 Å². The van der Waals surface area contributed by atoms with Gasteiger partial charge in [-0.25, -0.2) is 0 Å². The van der Waals surface area contributed by atoms with Crippen LogP contribution in [-0.4, -0.2) is 23.9 Å². The van der Waals surface area contributed by atoms with Gasteiger partial charge >= 0.3 is 0 Å². The maximum absolute atomic E-state index is 11.3. The molecule has 0 saturated carbocycles. The maximum atomic E-state index is 11.3. The number of nitro benzene ring substituents is 1. The standard InChI is InChI=1S/C12H17N3O3/c1-2-6-14-12(16)9-13-8-10-4-3-5-11(7-10)15(17)18/h3-5,7,13H,2,6,8-9H2,1H3,(H,14,16). The maximum Gasteiger partial charge on any atom is 0.269 e. The molecule has 1 amide bonds. The molecule has 98 valence electrons. The van der Waals surface area contributed by atoms with Crippen molar-refractivity contribution < 1.29 is 9.72 Å². The van der Waals surface area contributed by atoms with Crippen LogP contribution in [0.3, 0.4) is 0 Å². The second-order valence-electron chi connectivity index (χ2n) is 3.88. The minimum atomic E-state index is -0.433. The molecule has 0 fully saturated rings. The molecule has 2 N–H and O–H groups in total. The number of hydrogen-bond acceptors (Lipinski definition) is 4. The molecule has 0 unspecified atom stereocenters. The second kappa shape index (κ2) is 7.39. The van der Waals surface area contributed by atoms with Crippen LogP contribution in [0, 0.1) is 10.1 Å². The number of carbonyl (C=O) groups is 1. The van der Waals surface area contributed by atoms with E-state index in [2.05, 4.69) is 10.6 Å². The average molecular weight is 251 g/mol. The van der Waals surface area contributed by atoms with Crippen LogP contribution in [0.4, 0.5) is 5.69 Å². The van der Waals surface area contributed by atoms with Crippen molar-refractivity contribution in [1.29, 1.82) is 0 Å². The summed E-state index contributed by atoms with van der Waals surface area (Å²) in [7, 11) is 0. The molecule has 6 nitrogen and oxygen atoms in total. The normalized spacial score (nSPS) is 10.1. The van der Waals surface area contributed by atoms with Gasteiger partial charge in [-0.15, -0.1) is 0 Å². The van der Waals surface area contributed by atoms with Gasteiger partial charge in [-0.2, -0.15) is 0 Å². The number of nitro groups is 1. The summed E-state index contributed by atoms with van der Waals surface area (Å²) < 4.78 is 0. The van der Waals surface area contributed by atoms with Gasteiger partial charge in [-0.3, -0.25) is 14.9 Å². The van der Waals surface area contributed by atoms with Crippen LogP contribution >= 0.6 is 0 Å². The Bertz CT molecular complexity index is 421. The number of carbonyl (C=O) groups excluding carboxylic acids is 1. The Morgan fingerprint density at radius 1 is 1.44 bits per heavy atom. The lowest BCUT2D eigenvalue weighted by Gasteiger charge is -2.05. The van der Waals surface area contributed by atoms with E-state index < -0.39 is 4.92 Å². The summed E-state index contributed by atoms with van der Waals surface area (Å²) in [4.78, 5) is 21.4. The molecule has 6 heteroatoms. The summed E-state index contributed by atoms with van der Waals surface area (Å²) in [5.74, 6) is -0.0673. The average Bonchev–Trinajstić information content (AvgIpc) is 2.36. The van der Waals surface area contributed by atoms with E-state index in [0.29, 0.717) is 13.1 Å². The van der Waals surface area contributed by atoms with E-state index >= 15 is 0 Å². The molecule has 0 heterocycles. The minimum Gasteiger partial charge on any atom is -0.355 e. The number of nitrogens with one attached hydrogen (secondary N) is 2. The minimum absolute atomic E-state index is 0.0599. The van der Waals surface area contributed by atoms with Crippen LogP contribution < -0.4 is 10.6 Å². The highest BCUT2D eigenvalue weighted by atomic mass is 16.6. The Hall–Kier alpha value is -1.95. The van der Waals surface area contributed by atoms with Gasteiger partial charge in [-0.1, -0.05) is 19.1 Å². The zero-order valence-corrected chi connectivity index (χ0v) is 10.3. The third-order valence-electron chi connectivity index (χ3n) is 2.31. The molecular formula is C12H17N3O3. The summed E-state index contributed by atoms with van der Waals surface area (Å²) >= 11 is 0. The van der Waals surface area contributed by atoms with Crippen molar-refractivity contribution in [2.24, 2.45) is 0 Å². The molecule has 1 aromatic rings. The molecule has 0 radical (unpaired) electrons. The van der Waals surface area contributed by atoms with Gasteiger partial charge in [0.2, 0.25) is 5.91 Å². The SMILES string of the molecule is CCCNC(=O)CNCc1cccc([N+](=O)[O-])c1. The van der Waals surface area contributed by atoms with Gasteiger partial charge in [0.1, 0.15) is 0 Å². The zero-order chi connectivity index (χ0) is 13.4. The summed E-state index contributed by atoms with van der Waals surface area (Å²) in [5, 5.41) is 16.3. The molecule has 18 heavy (non-hydrogen) atoms. The van der Waals surface area contributed by atoms with Crippen molar-refractivity contribution in [3.8, 4) is 0 Å². The monoisotopic (exact) mass is 251 g/mol. The highest BCUT2D eigenvalue weighted by Crippen LogP contribution is 2.12. The lowest BCUT2D eigenvalue weighted by atomic mass is 10.2. The molecule has 0 aliphatic carbocycles. The summed E-state index contributed by atoms with van der Waals surface area (Å²) in [6, 6.07) is 6.35. The van der Waals surface area contributed by atoms with E-state index in [1.54, 1.807) is 12.1 Å². The molecule has 1 rings (SSSR count). The van der Waals surface area contributed by atoms with Crippen LogP contribution in [0.5, 0.6) is 0 Å². The number of nitrogens with zero attached hydrogens (tertiary/aromatic N) is 1. The number of hydrogen-bond donors (Lipinski definition) is 2. The van der Waals surface area contributed by atoms with Gasteiger partial charge < -0.3 is 10.6 Å². The topological polar surface area (TPSA) is 84.3 Å². The fourth-order valence-corrected chi connectivity index (χ4v) is 1.43. The van der Waals surface area contributed by atoms with E-state index in [4.69, 9.17) is 0 Å². The van der Waals surface area contributed by atoms with E-state index in [1.807, 2.05) is 6.92 Å². The highest BCUT2D eigenvalue weighted by molar-refractivity contribution is 5.77. The van der Waals surface area contributed by atoms with Crippen molar-refractivity contribution in [3.63, 3.8) is 0 Å². The molecule has 0 aliphatic heterocycles. The largest absolute Gasteiger partial charge is 0.355 e. The third kappa shape index (κ3) is 4.92. The zero-order valence-electron chi connectivity index (χ0n) is 10.3. The second-order valence-corrected chi connectivity index (χ2v) is 3.88. The fourth-order valence-electron chi connectivity index (χ4n) is 1.43.